The van der Waals surface area contributed by atoms with Gasteiger partial charge >= 0.3 is 6.09 Å². The van der Waals surface area contributed by atoms with Crippen molar-refractivity contribution < 1.29 is 19.1 Å². The molecule has 0 aliphatic carbocycles. The van der Waals surface area contributed by atoms with Crippen LogP contribution in [0.3, 0.4) is 0 Å². The van der Waals surface area contributed by atoms with E-state index in [9.17, 15) is 14.4 Å². The van der Waals surface area contributed by atoms with Crippen molar-refractivity contribution in [1.82, 2.24) is 30.6 Å². The summed E-state index contributed by atoms with van der Waals surface area (Å²) in [5, 5.41) is 7.10. The number of amides is 3. The predicted molar refractivity (Wildman–Crippen MR) is 125 cm³/mol. The highest BCUT2D eigenvalue weighted by Crippen LogP contribution is 2.29. The van der Waals surface area contributed by atoms with Crippen molar-refractivity contribution >= 4 is 83.0 Å². The average Bonchev–Trinajstić information content (AvgIpc) is 3.15. The van der Waals surface area contributed by atoms with Crippen LogP contribution < -0.4 is 16.2 Å². The first-order valence-electron chi connectivity index (χ1n) is 8.39. The van der Waals surface area contributed by atoms with Gasteiger partial charge in [-0.25, -0.2) is 24.9 Å². The molecule has 0 aliphatic rings. The van der Waals surface area contributed by atoms with Gasteiger partial charge in [-0.3, -0.25) is 15.0 Å². The van der Waals surface area contributed by atoms with Crippen molar-refractivity contribution in [2.24, 2.45) is 0 Å². The molecule has 0 saturated carbocycles. The molecule has 0 unspecified atom stereocenters. The Kier molecular flexibility index (Phi) is 7.82. The van der Waals surface area contributed by atoms with E-state index in [-0.39, 0.29) is 32.4 Å². The van der Waals surface area contributed by atoms with Crippen molar-refractivity contribution in [3.63, 3.8) is 0 Å². The van der Waals surface area contributed by atoms with Gasteiger partial charge in [0.1, 0.15) is 19.5 Å². The van der Waals surface area contributed by atoms with Gasteiger partial charge in [-0.05, 0) is 66.0 Å². The number of hydrazine groups is 1. The van der Waals surface area contributed by atoms with E-state index in [1.165, 1.54) is 23.0 Å². The lowest BCUT2D eigenvalue weighted by Gasteiger charge is -2.14. The smallest absolute Gasteiger partial charge is 0.425 e. The maximum Gasteiger partial charge on any atom is 0.425 e. The van der Waals surface area contributed by atoms with Gasteiger partial charge in [-0.1, -0.05) is 11.6 Å². The third kappa shape index (κ3) is 5.43. The van der Waals surface area contributed by atoms with Gasteiger partial charge in [-0.15, -0.1) is 0 Å². The van der Waals surface area contributed by atoms with E-state index in [2.05, 4.69) is 83.8 Å². The molecule has 166 valence electrons. The number of carbonyl (C=O) groups is 3. The number of nitrogens with one attached hydrogen (secondary N) is 3. The molecule has 3 aromatic rings. The van der Waals surface area contributed by atoms with E-state index in [1.54, 1.807) is 12.1 Å². The third-order valence-electron chi connectivity index (χ3n) is 3.74. The maximum absolute atomic E-state index is 13.1. The molecular weight excluding hydrogens is 641 g/mol. The van der Waals surface area contributed by atoms with Gasteiger partial charge in [0.2, 0.25) is 0 Å². The zero-order valence-electron chi connectivity index (χ0n) is 15.8. The summed E-state index contributed by atoms with van der Waals surface area (Å²) in [5.41, 5.74) is 4.33. The molecule has 0 radical (unpaired) electrons. The highest BCUT2D eigenvalue weighted by atomic mass is 79.9. The average molecular weight is 652 g/mol. The summed E-state index contributed by atoms with van der Waals surface area (Å²) in [7, 11) is 1.14. The van der Waals surface area contributed by atoms with E-state index in [0.29, 0.717) is 9.21 Å². The van der Waals surface area contributed by atoms with Gasteiger partial charge in [-0.2, -0.15) is 5.10 Å². The molecule has 3 heterocycles. The molecule has 3 rings (SSSR count). The molecule has 0 spiro atoms. The summed E-state index contributed by atoms with van der Waals surface area (Å²) in [6.07, 6.45) is 0.627. The van der Waals surface area contributed by atoms with Crippen LogP contribution in [0, 0.1) is 0 Å². The van der Waals surface area contributed by atoms with E-state index in [0.717, 1.165) is 7.11 Å². The monoisotopic (exact) mass is 649 g/mol. The van der Waals surface area contributed by atoms with Crippen molar-refractivity contribution in [3.8, 4) is 5.82 Å². The fourth-order valence-corrected chi connectivity index (χ4v) is 4.12. The SMILES string of the molecule is COC(=O)NNC(=O)c1cc(Br)nc(Br)c1NC(=O)c1cc(Br)nn1-c1ncccc1Cl. The Labute approximate surface area is 210 Å². The Hall–Kier alpha value is -2.55. The van der Waals surface area contributed by atoms with Crippen molar-refractivity contribution in [3.05, 3.63) is 60.6 Å². The number of hydrogen-bond donors (Lipinski definition) is 3. The van der Waals surface area contributed by atoms with Crippen LogP contribution in [0.5, 0.6) is 0 Å². The molecule has 3 aromatic heterocycles. The fourth-order valence-electron chi connectivity index (χ4n) is 2.39. The number of rotatable bonds is 4. The summed E-state index contributed by atoms with van der Waals surface area (Å²) in [5.74, 6) is -1.14. The summed E-state index contributed by atoms with van der Waals surface area (Å²) < 4.78 is 6.48. The summed E-state index contributed by atoms with van der Waals surface area (Å²) >= 11 is 15.8. The Balaban J connectivity index is 1.96. The number of hydrogen-bond acceptors (Lipinski definition) is 7. The normalized spacial score (nSPS) is 10.4. The number of anilines is 1. The molecule has 32 heavy (non-hydrogen) atoms. The second-order valence-electron chi connectivity index (χ2n) is 5.76. The van der Waals surface area contributed by atoms with Gasteiger partial charge < -0.3 is 10.1 Å². The van der Waals surface area contributed by atoms with E-state index < -0.39 is 17.9 Å². The minimum atomic E-state index is -0.878. The second kappa shape index (κ2) is 10.4. The van der Waals surface area contributed by atoms with E-state index in [1.807, 2.05) is 0 Å². The van der Waals surface area contributed by atoms with Gasteiger partial charge in [0.05, 0.1) is 23.4 Å². The lowest BCUT2D eigenvalue weighted by Crippen LogP contribution is -2.41. The van der Waals surface area contributed by atoms with Crippen LogP contribution in [0.25, 0.3) is 5.82 Å². The Morgan fingerprint density at radius 2 is 1.84 bits per heavy atom. The van der Waals surface area contributed by atoms with Crippen LogP contribution >= 0.6 is 59.4 Å². The molecule has 0 aromatic carbocycles. The van der Waals surface area contributed by atoms with E-state index >= 15 is 0 Å². The molecular formula is C17H11Br3ClN7O4. The summed E-state index contributed by atoms with van der Waals surface area (Å²) in [6, 6.07) is 6.06. The highest BCUT2D eigenvalue weighted by molar-refractivity contribution is 9.11. The van der Waals surface area contributed by atoms with Crippen molar-refractivity contribution in [1.29, 1.82) is 0 Å². The molecule has 15 heteroatoms. The Morgan fingerprint density at radius 3 is 2.53 bits per heavy atom. The number of aromatic nitrogens is 4. The molecule has 0 saturated heterocycles. The minimum absolute atomic E-state index is 0.00972. The largest absolute Gasteiger partial charge is 0.452 e. The quantitative estimate of drug-likeness (QED) is 0.287. The highest BCUT2D eigenvalue weighted by Gasteiger charge is 2.23. The van der Waals surface area contributed by atoms with Crippen molar-refractivity contribution in [2.75, 3.05) is 12.4 Å². The molecule has 0 bridgehead atoms. The molecule has 3 amide bonds. The second-order valence-corrected chi connectivity index (χ2v) is 8.54. The fraction of sp³-hybridized carbons (Fsp3) is 0.0588. The van der Waals surface area contributed by atoms with Crippen molar-refractivity contribution in [2.45, 2.75) is 0 Å². The van der Waals surface area contributed by atoms with Crippen LogP contribution in [-0.2, 0) is 4.74 Å². The number of ether oxygens (including phenoxy) is 1. The van der Waals surface area contributed by atoms with Gasteiger partial charge in [0.15, 0.2) is 5.82 Å². The Bertz CT molecular complexity index is 1220. The first-order valence-corrected chi connectivity index (χ1v) is 11.1. The third-order valence-corrected chi connectivity index (χ3v) is 5.41. The molecule has 11 nitrogen and oxygen atoms in total. The number of halogens is 4. The zero-order valence-corrected chi connectivity index (χ0v) is 21.3. The van der Waals surface area contributed by atoms with E-state index in [4.69, 9.17) is 11.6 Å². The first kappa shape index (κ1) is 24.1. The van der Waals surface area contributed by atoms with Crippen LogP contribution in [0.4, 0.5) is 10.5 Å². The minimum Gasteiger partial charge on any atom is -0.452 e. The standard InChI is InChI=1S/C17H11Br3ClN7O4/c1-32-17(31)26-25-15(29)7-5-10(18)23-13(20)12(7)24-16(30)9-6-11(19)27-28(9)14-8(21)3-2-4-22-14/h2-6H,1H3,(H,24,30)(H,25,29)(H,26,31). The van der Waals surface area contributed by atoms with Crippen LogP contribution in [0.2, 0.25) is 5.02 Å². The topological polar surface area (TPSA) is 140 Å². The summed E-state index contributed by atoms with van der Waals surface area (Å²) in [4.78, 5) is 45.3. The molecule has 0 fully saturated rings. The number of methoxy groups -OCH3 is 1. The zero-order chi connectivity index (χ0) is 23.4. The first-order chi connectivity index (χ1) is 15.2. The maximum atomic E-state index is 13.1. The number of nitrogens with zero attached hydrogens (tertiary/aromatic N) is 4. The number of pyridine rings is 2. The lowest BCUT2D eigenvalue weighted by atomic mass is 10.2. The van der Waals surface area contributed by atoms with Crippen LogP contribution in [-0.4, -0.2) is 44.8 Å². The molecule has 0 aliphatic heterocycles. The molecule has 0 atom stereocenters. The van der Waals surface area contributed by atoms with Crippen LogP contribution in [0.15, 0.2) is 44.3 Å². The number of carbonyl (C=O) groups excluding carboxylic acids is 3. The van der Waals surface area contributed by atoms with Gasteiger partial charge in [0.25, 0.3) is 11.8 Å². The Morgan fingerprint density at radius 1 is 1.09 bits per heavy atom. The van der Waals surface area contributed by atoms with Crippen LogP contribution in [0.1, 0.15) is 20.8 Å². The molecule has 3 N–H and O–H groups in total. The lowest BCUT2D eigenvalue weighted by molar-refractivity contribution is 0.0921. The summed E-state index contributed by atoms with van der Waals surface area (Å²) in [6.45, 7) is 0. The van der Waals surface area contributed by atoms with Gasteiger partial charge in [0, 0.05) is 12.3 Å². The predicted octanol–water partition coefficient (Wildman–Crippen LogP) is 3.86.